The molecule has 2 nitrogen and oxygen atoms in total. The molecule has 0 amide bonds. The predicted octanol–water partition coefficient (Wildman–Crippen LogP) is 4.60. The molecule has 2 rings (SSSR count). The van der Waals surface area contributed by atoms with Crippen LogP contribution in [0.1, 0.15) is 29.7 Å². The zero-order chi connectivity index (χ0) is 17.9. The van der Waals surface area contributed by atoms with Crippen LogP contribution < -0.4 is 5.73 Å². The van der Waals surface area contributed by atoms with E-state index in [9.17, 15) is 18.3 Å². The highest BCUT2D eigenvalue weighted by atomic mass is 35.5. The van der Waals surface area contributed by atoms with Crippen LogP contribution in [-0.4, -0.2) is 11.1 Å². The largest absolute Gasteiger partial charge is 0.416 e. The molecule has 130 valence electrons. The second-order valence-corrected chi connectivity index (χ2v) is 6.32. The van der Waals surface area contributed by atoms with Crippen LogP contribution >= 0.6 is 11.6 Å². The average molecular weight is 358 g/mol. The second kappa shape index (κ2) is 7.55. The van der Waals surface area contributed by atoms with E-state index in [2.05, 4.69) is 0 Å². The van der Waals surface area contributed by atoms with Crippen molar-refractivity contribution in [1.82, 2.24) is 0 Å². The lowest BCUT2D eigenvalue weighted by molar-refractivity contribution is -0.137. The molecule has 0 aliphatic heterocycles. The van der Waals surface area contributed by atoms with Crippen LogP contribution in [0.15, 0.2) is 48.5 Å². The van der Waals surface area contributed by atoms with Gasteiger partial charge in [-0.15, -0.1) is 0 Å². The highest BCUT2D eigenvalue weighted by Gasteiger charge is 2.31. The number of rotatable bonds is 5. The van der Waals surface area contributed by atoms with Crippen LogP contribution in [0.25, 0.3) is 0 Å². The third kappa shape index (κ3) is 4.50. The summed E-state index contributed by atoms with van der Waals surface area (Å²) in [6, 6.07) is 11.1. The van der Waals surface area contributed by atoms with Gasteiger partial charge in [-0.05, 0) is 41.7 Å². The Morgan fingerprint density at radius 3 is 2.21 bits per heavy atom. The van der Waals surface area contributed by atoms with Crippen molar-refractivity contribution in [2.75, 3.05) is 0 Å². The smallest absolute Gasteiger partial charge is 0.387 e. The van der Waals surface area contributed by atoms with Gasteiger partial charge in [-0.25, -0.2) is 0 Å². The molecule has 0 aliphatic rings. The lowest BCUT2D eigenvalue weighted by Crippen LogP contribution is -2.36. The van der Waals surface area contributed by atoms with Crippen molar-refractivity contribution < 1.29 is 18.3 Å². The maximum Gasteiger partial charge on any atom is 0.416 e. The van der Waals surface area contributed by atoms with Gasteiger partial charge >= 0.3 is 6.18 Å². The minimum Gasteiger partial charge on any atom is -0.387 e. The maximum atomic E-state index is 12.6. The Morgan fingerprint density at radius 2 is 1.67 bits per heavy atom. The highest BCUT2D eigenvalue weighted by Crippen LogP contribution is 2.31. The fourth-order valence-electron chi connectivity index (χ4n) is 2.55. The lowest BCUT2D eigenvalue weighted by atomic mass is 9.88. The molecule has 0 radical (unpaired) electrons. The van der Waals surface area contributed by atoms with Crippen LogP contribution in [0.2, 0.25) is 5.02 Å². The predicted molar refractivity (Wildman–Crippen MR) is 88.7 cm³/mol. The number of nitrogens with two attached hydrogens (primary N) is 1. The molecule has 3 N–H and O–H groups in total. The first kappa shape index (κ1) is 18.8. The summed E-state index contributed by atoms with van der Waals surface area (Å²) in [5.74, 6) is -0.109. The van der Waals surface area contributed by atoms with Gasteiger partial charge in [-0.2, -0.15) is 13.2 Å². The molecular formula is C18H19ClF3NO. The van der Waals surface area contributed by atoms with E-state index in [4.69, 9.17) is 17.3 Å². The third-order valence-corrected chi connectivity index (χ3v) is 4.47. The lowest BCUT2D eigenvalue weighted by Gasteiger charge is -2.26. The van der Waals surface area contributed by atoms with E-state index in [0.29, 0.717) is 17.0 Å². The molecule has 0 aliphatic carbocycles. The standard InChI is InChI=1S/C18H19ClF3NO/c1-11(10-13-4-2-3-5-15(13)19)16(23)17(24)12-6-8-14(9-7-12)18(20,21)22/h2-9,11,16-17,24H,10,23H2,1H3/t11?,16-,17-/m1/s1. The molecule has 0 saturated heterocycles. The molecule has 24 heavy (non-hydrogen) atoms. The Labute approximate surface area is 144 Å². The van der Waals surface area contributed by atoms with E-state index in [1.165, 1.54) is 12.1 Å². The Hall–Kier alpha value is -1.56. The first-order chi connectivity index (χ1) is 11.2. The fourth-order valence-corrected chi connectivity index (χ4v) is 2.76. The number of halogens is 4. The molecule has 0 heterocycles. The second-order valence-electron chi connectivity index (χ2n) is 5.91. The fraction of sp³-hybridized carbons (Fsp3) is 0.333. The molecule has 0 aromatic heterocycles. The van der Waals surface area contributed by atoms with Gasteiger partial charge in [0.25, 0.3) is 0 Å². The molecule has 6 heteroatoms. The number of alkyl halides is 3. The van der Waals surface area contributed by atoms with Gasteiger partial charge in [0.05, 0.1) is 11.7 Å². The molecule has 3 atom stereocenters. The number of benzene rings is 2. The monoisotopic (exact) mass is 357 g/mol. The van der Waals surface area contributed by atoms with Gasteiger partial charge in [0, 0.05) is 11.1 Å². The van der Waals surface area contributed by atoms with Crippen molar-refractivity contribution in [2.24, 2.45) is 11.7 Å². The van der Waals surface area contributed by atoms with Gasteiger partial charge < -0.3 is 10.8 Å². The van der Waals surface area contributed by atoms with Gasteiger partial charge in [0.1, 0.15) is 0 Å². The molecule has 0 saturated carbocycles. The Morgan fingerprint density at radius 1 is 1.08 bits per heavy atom. The minimum atomic E-state index is -4.40. The number of hydrogen-bond donors (Lipinski definition) is 2. The van der Waals surface area contributed by atoms with Crippen molar-refractivity contribution in [3.05, 3.63) is 70.2 Å². The van der Waals surface area contributed by atoms with E-state index < -0.39 is 23.9 Å². The van der Waals surface area contributed by atoms with Gasteiger partial charge in [0.2, 0.25) is 0 Å². The van der Waals surface area contributed by atoms with E-state index in [-0.39, 0.29) is 5.92 Å². The zero-order valence-corrected chi connectivity index (χ0v) is 13.9. The summed E-state index contributed by atoms with van der Waals surface area (Å²) in [6.45, 7) is 1.88. The molecule has 2 aromatic rings. The summed E-state index contributed by atoms with van der Waals surface area (Å²) in [5.41, 5.74) is 6.63. The summed E-state index contributed by atoms with van der Waals surface area (Å²) < 4.78 is 37.8. The first-order valence-corrected chi connectivity index (χ1v) is 7.92. The zero-order valence-electron chi connectivity index (χ0n) is 13.1. The van der Waals surface area contributed by atoms with Crippen molar-refractivity contribution >= 4 is 11.6 Å². The Kier molecular flexibility index (Phi) is 5.91. The molecule has 2 aromatic carbocycles. The van der Waals surface area contributed by atoms with Gasteiger partial charge in [-0.1, -0.05) is 48.9 Å². The number of hydrogen-bond acceptors (Lipinski definition) is 2. The minimum absolute atomic E-state index is 0.109. The summed E-state index contributed by atoms with van der Waals surface area (Å²) in [4.78, 5) is 0. The average Bonchev–Trinajstić information content (AvgIpc) is 2.55. The van der Waals surface area contributed by atoms with Gasteiger partial charge in [0.15, 0.2) is 0 Å². The SMILES string of the molecule is CC(Cc1ccccc1Cl)[C@@H](N)[C@H](O)c1ccc(C(F)(F)F)cc1. The number of aliphatic hydroxyl groups is 1. The highest BCUT2D eigenvalue weighted by molar-refractivity contribution is 6.31. The molecule has 0 spiro atoms. The van der Waals surface area contributed by atoms with Crippen LogP contribution in [0, 0.1) is 5.92 Å². The molecule has 0 bridgehead atoms. The van der Waals surface area contributed by atoms with Crippen LogP contribution in [0.4, 0.5) is 13.2 Å². The molecule has 1 unspecified atom stereocenters. The van der Waals surface area contributed by atoms with Crippen LogP contribution in [0.5, 0.6) is 0 Å². The van der Waals surface area contributed by atoms with E-state index in [1.807, 2.05) is 25.1 Å². The summed E-state index contributed by atoms with van der Waals surface area (Å²) in [6.07, 6.45) is -4.88. The third-order valence-electron chi connectivity index (χ3n) is 4.10. The van der Waals surface area contributed by atoms with E-state index in [0.717, 1.165) is 17.7 Å². The summed E-state index contributed by atoms with van der Waals surface area (Å²) in [5, 5.41) is 11.0. The van der Waals surface area contributed by atoms with Crippen molar-refractivity contribution in [3.63, 3.8) is 0 Å². The normalized spacial score (nSPS) is 15.8. The quantitative estimate of drug-likeness (QED) is 0.821. The first-order valence-electron chi connectivity index (χ1n) is 7.54. The Bertz CT molecular complexity index is 673. The number of aliphatic hydroxyl groups excluding tert-OH is 1. The summed E-state index contributed by atoms with van der Waals surface area (Å²) >= 11 is 6.12. The maximum absolute atomic E-state index is 12.6. The van der Waals surface area contributed by atoms with Crippen molar-refractivity contribution in [3.8, 4) is 0 Å². The van der Waals surface area contributed by atoms with Crippen LogP contribution in [0.3, 0.4) is 0 Å². The van der Waals surface area contributed by atoms with Crippen molar-refractivity contribution in [2.45, 2.75) is 31.7 Å². The van der Waals surface area contributed by atoms with Crippen LogP contribution in [-0.2, 0) is 12.6 Å². The van der Waals surface area contributed by atoms with E-state index in [1.54, 1.807) is 6.07 Å². The Balaban J connectivity index is 2.08. The van der Waals surface area contributed by atoms with E-state index >= 15 is 0 Å². The summed E-state index contributed by atoms with van der Waals surface area (Å²) in [7, 11) is 0. The van der Waals surface area contributed by atoms with Gasteiger partial charge in [-0.3, -0.25) is 0 Å². The molecular weight excluding hydrogens is 339 g/mol. The molecule has 0 fully saturated rings. The topological polar surface area (TPSA) is 46.2 Å². The van der Waals surface area contributed by atoms with Crippen molar-refractivity contribution in [1.29, 1.82) is 0 Å².